The molecule has 0 aliphatic carbocycles. The van der Waals surface area contributed by atoms with Crippen LogP contribution in [-0.4, -0.2) is 40.9 Å². The first-order chi connectivity index (χ1) is 8.03. The van der Waals surface area contributed by atoms with Gasteiger partial charge in [0.15, 0.2) is 6.10 Å². The van der Waals surface area contributed by atoms with Crippen LogP contribution in [0.15, 0.2) is 0 Å². The van der Waals surface area contributed by atoms with Crippen LogP contribution in [0, 0.1) is 0 Å². The summed E-state index contributed by atoms with van der Waals surface area (Å²) in [7, 11) is 0. The van der Waals surface area contributed by atoms with Gasteiger partial charge in [-0.05, 0) is 34.6 Å². The number of ether oxygens (including phenoxy) is 2. The maximum absolute atomic E-state index is 11.4. The minimum absolute atomic E-state index is 0.679. The normalized spacial score (nSPS) is 14.3. The monoisotopic (exact) mass is 261 g/mol. The second-order valence-corrected chi connectivity index (χ2v) is 4.79. The maximum atomic E-state index is 11.4. The third kappa shape index (κ3) is 6.72. The van der Waals surface area contributed by atoms with Gasteiger partial charge in [-0.25, -0.2) is 14.4 Å². The molecule has 7 nitrogen and oxygen atoms in total. The lowest BCUT2D eigenvalue weighted by Gasteiger charge is -2.21. The summed E-state index contributed by atoms with van der Waals surface area (Å²) < 4.78 is 9.53. The highest BCUT2D eigenvalue weighted by molar-refractivity contribution is 5.83. The fraction of sp³-hybridized carbons (Fsp3) is 0.727. The summed E-state index contributed by atoms with van der Waals surface area (Å²) in [5, 5.41) is 10.8. The van der Waals surface area contributed by atoms with Crippen LogP contribution in [0.2, 0.25) is 0 Å². The average molecular weight is 261 g/mol. The van der Waals surface area contributed by atoms with Crippen molar-refractivity contribution >= 4 is 18.0 Å². The summed E-state index contributed by atoms with van der Waals surface area (Å²) >= 11 is 0. The van der Waals surface area contributed by atoms with Gasteiger partial charge >= 0.3 is 18.0 Å². The SMILES string of the molecule is CC(NC(=O)OC(C)(C)C)C(=O)OC(C)C(=O)O. The number of nitrogens with one attached hydrogen (secondary N) is 1. The number of hydrogen-bond acceptors (Lipinski definition) is 5. The molecule has 0 heterocycles. The Balaban J connectivity index is 4.24. The topological polar surface area (TPSA) is 102 Å². The van der Waals surface area contributed by atoms with Gasteiger partial charge in [0, 0.05) is 0 Å². The molecule has 0 bridgehead atoms. The zero-order valence-electron chi connectivity index (χ0n) is 11.1. The van der Waals surface area contributed by atoms with Crippen LogP contribution in [0.4, 0.5) is 4.79 Å². The second kappa shape index (κ2) is 6.23. The Morgan fingerprint density at radius 3 is 2.06 bits per heavy atom. The highest BCUT2D eigenvalue weighted by atomic mass is 16.6. The molecule has 2 atom stereocenters. The zero-order chi connectivity index (χ0) is 14.5. The lowest BCUT2D eigenvalue weighted by molar-refractivity contribution is -0.163. The van der Waals surface area contributed by atoms with Gasteiger partial charge < -0.3 is 19.9 Å². The molecule has 7 heteroatoms. The van der Waals surface area contributed by atoms with Crippen molar-refractivity contribution in [3.8, 4) is 0 Å². The van der Waals surface area contributed by atoms with Crippen LogP contribution < -0.4 is 5.32 Å². The summed E-state index contributed by atoms with van der Waals surface area (Å²) in [6.45, 7) is 7.65. The van der Waals surface area contributed by atoms with E-state index in [4.69, 9.17) is 9.84 Å². The largest absolute Gasteiger partial charge is 0.479 e. The molecule has 0 saturated carbocycles. The summed E-state index contributed by atoms with van der Waals surface area (Å²) in [4.78, 5) is 33.2. The number of esters is 1. The average Bonchev–Trinajstić information content (AvgIpc) is 2.13. The molecule has 0 fully saturated rings. The minimum Gasteiger partial charge on any atom is -0.479 e. The Labute approximate surface area is 105 Å². The molecule has 0 aliphatic heterocycles. The van der Waals surface area contributed by atoms with E-state index in [0.717, 1.165) is 0 Å². The van der Waals surface area contributed by atoms with Gasteiger partial charge in [0.05, 0.1) is 0 Å². The number of carboxylic acids is 1. The van der Waals surface area contributed by atoms with E-state index in [1.807, 2.05) is 0 Å². The molecule has 0 aliphatic rings. The van der Waals surface area contributed by atoms with Crippen LogP contribution in [-0.2, 0) is 19.1 Å². The predicted molar refractivity (Wildman–Crippen MR) is 62.0 cm³/mol. The molecule has 0 rings (SSSR count). The van der Waals surface area contributed by atoms with Crippen molar-refractivity contribution in [1.82, 2.24) is 5.32 Å². The smallest absolute Gasteiger partial charge is 0.408 e. The second-order valence-electron chi connectivity index (χ2n) is 4.79. The van der Waals surface area contributed by atoms with E-state index in [1.165, 1.54) is 13.8 Å². The fourth-order valence-electron chi connectivity index (χ4n) is 0.870. The van der Waals surface area contributed by atoms with Crippen molar-refractivity contribution in [1.29, 1.82) is 0 Å². The Morgan fingerprint density at radius 1 is 1.17 bits per heavy atom. The molecule has 2 unspecified atom stereocenters. The lowest BCUT2D eigenvalue weighted by Crippen LogP contribution is -2.43. The Hall–Kier alpha value is -1.79. The molecule has 0 aromatic carbocycles. The highest BCUT2D eigenvalue weighted by Gasteiger charge is 2.24. The maximum Gasteiger partial charge on any atom is 0.408 e. The number of carbonyl (C=O) groups is 3. The summed E-state index contributed by atoms with van der Waals surface area (Å²) in [6, 6.07) is -0.985. The van der Waals surface area contributed by atoms with Gasteiger partial charge in [-0.2, -0.15) is 0 Å². The predicted octanol–water partition coefficient (Wildman–Crippen LogP) is 0.916. The van der Waals surface area contributed by atoms with Gasteiger partial charge in [-0.1, -0.05) is 0 Å². The van der Waals surface area contributed by atoms with Crippen molar-refractivity contribution in [3.63, 3.8) is 0 Å². The van der Waals surface area contributed by atoms with Crippen LogP contribution in [0.5, 0.6) is 0 Å². The first-order valence-electron chi connectivity index (χ1n) is 5.45. The highest BCUT2D eigenvalue weighted by Crippen LogP contribution is 2.07. The number of aliphatic carboxylic acids is 1. The number of rotatable bonds is 4. The molecule has 0 aromatic heterocycles. The summed E-state index contributed by atoms with van der Waals surface area (Å²) in [6.07, 6.45) is -2.03. The Kier molecular flexibility index (Phi) is 5.61. The van der Waals surface area contributed by atoms with Crippen LogP contribution in [0.3, 0.4) is 0 Å². The molecule has 0 spiro atoms. The zero-order valence-corrected chi connectivity index (χ0v) is 11.1. The van der Waals surface area contributed by atoms with E-state index in [0.29, 0.717) is 0 Å². The van der Waals surface area contributed by atoms with Crippen molar-refractivity contribution in [2.24, 2.45) is 0 Å². The molecule has 0 aromatic rings. The van der Waals surface area contributed by atoms with Crippen LogP contribution in [0.1, 0.15) is 34.6 Å². The number of hydrogen-bond donors (Lipinski definition) is 2. The standard InChI is InChI=1S/C11H19NO6/c1-6(9(15)17-7(2)8(13)14)12-10(16)18-11(3,4)5/h6-7H,1-5H3,(H,12,16)(H,13,14). The molecular formula is C11H19NO6. The van der Waals surface area contributed by atoms with Crippen molar-refractivity contribution < 1.29 is 29.0 Å². The number of alkyl carbamates (subject to hydrolysis) is 1. The first-order valence-corrected chi connectivity index (χ1v) is 5.45. The van der Waals surface area contributed by atoms with Crippen LogP contribution >= 0.6 is 0 Å². The minimum atomic E-state index is -1.26. The van der Waals surface area contributed by atoms with Crippen molar-refractivity contribution in [2.45, 2.75) is 52.4 Å². The van der Waals surface area contributed by atoms with E-state index in [2.05, 4.69) is 10.1 Å². The van der Waals surface area contributed by atoms with E-state index >= 15 is 0 Å². The van der Waals surface area contributed by atoms with Gasteiger partial charge in [0.2, 0.25) is 0 Å². The van der Waals surface area contributed by atoms with Crippen molar-refractivity contribution in [2.75, 3.05) is 0 Å². The summed E-state index contributed by atoms with van der Waals surface area (Å²) in [5.41, 5.74) is -0.679. The van der Waals surface area contributed by atoms with E-state index in [1.54, 1.807) is 20.8 Å². The molecule has 0 saturated heterocycles. The fourth-order valence-corrected chi connectivity index (χ4v) is 0.870. The van der Waals surface area contributed by atoms with Crippen LogP contribution in [0.25, 0.3) is 0 Å². The molecule has 2 N–H and O–H groups in total. The van der Waals surface area contributed by atoms with Gasteiger partial charge in [-0.15, -0.1) is 0 Å². The van der Waals surface area contributed by atoms with Gasteiger partial charge in [0.1, 0.15) is 11.6 Å². The number of carbonyl (C=O) groups excluding carboxylic acids is 2. The lowest BCUT2D eigenvalue weighted by atomic mass is 10.2. The van der Waals surface area contributed by atoms with E-state index < -0.39 is 35.8 Å². The molecule has 1 amide bonds. The third-order valence-corrected chi connectivity index (χ3v) is 1.73. The molecule has 18 heavy (non-hydrogen) atoms. The summed E-state index contributed by atoms with van der Waals surface area (Å²) in [5.74, 6) is -2.09. The Morgan fingerprint density at radius 2 is 1.67 bits per heavy atom. The van der Waals surface area contributed by atoms with E-state index in [9.17, 15) is 14.4 Å². The molecular weight excluding hydrogens is 242 g/mol. The van der Waals surface area contributed by atoms with Gasteiger partial charge in [0.25, 0.3) is 0 Å². The number of amides is 1. The van der Waals surface area contributed by atoms with Crippen molar-refractivity contribution in [3.05, 3.63) is 0 Å². The molecule has 0 radical (unpaired) electrons. The third-order valence-electron chi connectivity index (χ3n) is 1.73. The van der Waals surface area contributed by atoms with E-state index in [-0.39, 0.29) is 0 Å². The Bertz CT molecular complexity index is 333. The quantitative estimate of drug-likeness (QED) is 0.729. The van der Waals surface area contributed by atoms with Gasteiger partial charge in [-0.3, -0.25) is 0 Å². The number of carboxylic acid groups (broad SMARTS) is 1. The first kappa shape index (κ1) is 16.2. The molecule has 104 valence electrons.